The highest BCUT2D eigenvalue weighted by Gasteiger charge is 2.22. The molecule has 1 aliphatic heterocycles. The molecule has 110 valence electrons. The van der Waals surface area contributed by atoms with Crippen molar-refractivity contribution in [3.05, 3.63) is 71.8 Å². The van der Waals surface area contributed by atoms with E-state index in [0.717, 1.165) is 25.8 Å². The molecule has 1 heterocycles. The number of benzene rings is 2. The minimum absolute atomic E-state index is 0.464. The van der Waals surface area contributed by atoms with E-state index >= 15 is 0 Å². The highest BCUT2D eigenvalue weighted by Crippen LogP contribution is 2.11. The summed E-state index contributed by atoms with van der Waals surface area (Å²) in [6.45, 7) is 1.09. The Labute approximate surface area is 127 Å². The summed E-state index contributed by atoms with van der Waals surface area (Å²) in [5, 5.41) is 7.32. The van der Waals surface area contributed by atoms with Gasteiger partial charge in [-0.3, -0.25) is 5.32 Å². The average molecular weight is 280 g/mol. The predicted octanol–water partition coefficient (Wildman–Crippen LogP) is 3.14. The molecule has 2 atom stereocenters. The van der Waals surface area contributed by atoms with Crippen LogP contribution in [0.4, 0.5) is 0 Å². The van der Waals surface area contributed by atoms with Crippen LogP contribution >= 0.6 is 0 Å². The molecular weight excluding hydrogens is 256 g/mol. The van der Waals surface area contributed by atoms with Crippen LogP contribution in [0.25, 0.3) is 0 Å². The second kappa shape index (κ2) is 7.39. The molecule has 2 nitrogen and oxygen atoms in total. The molecular formula is C19H24N2. The number of aryl methyl sites for hydroxylation is 2. The van der Waals surface area contributed by atoms with E-state index in [-0.39, 0.29) is 0 Å². The second-order valence-electron chi connectivity index (χ2n) is 5.87. The maximum Gasteiger partial charge on any atom is 0.0577 e. The first kappa shape index (κ1) is 14.3. The highest BCUT2D eigenvalue weighted by atomic mass is 15.2. The standard InChI is InChI=1S/C19H24N2/c1-3-7-16(8-4-1)11-13-18-15-20-19(21-18)14-12-17-9-5-2-6-10-17/h1-10,18-21H,11-15H2/t18-,19-/m0/s1. The van der Waals surface area contributed by atoms with Crippen molar-refractivity contribution in [2.75, 3.05) is 6.54 Å². The fourth-order valence-corrected chi connectivity index (χ4v) is 3.00. The molecule has 0 bridgehead atoms. The van der Waals surface area contributed by atoms with Crippen molar-refractivity contribution >= 4 is 0 Å². The zero-order valence-electron chi connectivity index (χ0n) is 12.5. The molecule has 2 aromatic carbocycles. The summed E-state index contributed by atoms with van der Waals surface area (Å²) in [7, 11) is 0. The fraction of sp³-hybridized carbons (Fsp3) is 0.368. The van der Waals surface area contributed by atoms with Crippen LogP contribution in [0, 0.1) is 0 Å². The van der Waals surface area contributed by atoms with Gasteiger partial charge >= 0.3 is 0 Å². The van der Waals surface area contributed by atoms with E-state index in [1.165, 1.54) is 17.5 Å². The second-order valence-corrected chi connectivity index (χ2v) is 5.87. The van der Waals surface area contributed by atoms with Crippen molar-refractivity contribution in [2.24, 2.45) is 0 Å². The Morgan fingerprint density at radius 2 is 1.33 bits per heavy atom. The lowest BCUT2D eigenvalue weighted by atomic mass is 10.1. The van der Waals surface area contributed by atoms with E-state index in [1.54, 1.807) is 0 Å². The van der Waals surface area contributed by atoms with Crippen molar-refractivity contribution in [3.63, 3.8) is 0 Å². The van der Waals surface area contributed by atoms with Crippen LogP contribution in [0.15, 0.2) is 60.7 Å². The minimum Gasteiger partial charge on any atom is -0.300 e. The lowest BCUT2D eigenvalue weighted by Crippen LogP contribution is -2.34. The monoisotopic (exact) mass is 280 g/mol. The van der Waals surface area contributed by atoms with Gasteiger partial charge < -0.3 is 5.32 Å². The quantitative estimate of drug-likeness (QED) is 0.849. The molecule has 0 aromatic heterocycles. The zero-order valence-corrected chi connectivity index (χ0v) is 12.5. The Bertz CT molecular complexity index is 474. The maximum atomic E-state index is 3.72. The van der Waals surface area contributed by atoms with Crippen LogP contribution in [-0.2, 0) is 12.8 Å². The minimum atomic E-state index is 0.464. The normalized spacial score (nSPS) is 21.5. The molecule has 0 amide bonds. The third kappa shape index (κ3) is 4.42. The average Bonchev–Trinajstić information content (AvgIpc) is 3.01. The first-order valence-corrected chi connectivity index (χ1v) is 7.97. The molecule has 0 saturated carbocycles. The first-order valence-electron chi connectivity index (χ1n) is 7.97. The van der Waals surface area contributed by atoms with Crippen LogP contribution in [0.3, 0.4) is 0 Å². The van der Waals surface area contributed by atoms with Crippen molar-refractivity contribution in [1.82, 2.24) is 10.6 Å². The first-order chi connectivity index (χ1) is 10.4. The van der Waals surface area contributed by atoms with E-state index in [4.69, 9.17) is 0 Å². The summed E-state index contributed by atoms with van der Waals surface area (Å²) in [5.41, 5.74) is 2.86. The number of hydrogen-bond donors (Lipinski definition) is 2. The molecule has 21 heavy (non-hydrogen) atoms. The SMILES string of the molecule is c1ccc(CC[C@H]2CN[C@H](CCc3ccccc3)N2)cc1. The summed E-state index contributed by atoms with van der Waals surface area (Å²) >= 11 is 0. The molecule has 1 aliphatic rings. The smallest absolute Gasteiger partial charge is 0.0577 e. The molecule has 0 aliphatic carbocycles. The van der Waals surface area contributed by atoms with Gasteiger partial charge in [-0.1, -0.05) is 60.7 Å². The van der Waals surface area contributed by atoms with Crippen LogP contribution in [0.2, 0.25) is 0 Å². The van der Waals surface area contributed by atoms with Gasteiger partial charge in [0.05, 0.1) is 6.17 Å². The molecule has 0 unspecified atom stereocenters. The van der Waals surface area contributed by atoms with Crippen LogP contribution < -0.4 is 10.6 Å². The Balaban J connectivity index is 1.39. The molecule has 2 heteroatoms. The van der Waals surface area contributed by atoms with Gasteiger partial charge in [-0.2, -0.15) is 0 Å². The summed E-state index contributed by atoms with van der Waals surface area (Å²) in [4.78, 5) is 0. The topological polar surface area (TPSA) is 24.1 Å². The van der Waals surface area contributed by atoms with E-state index in [0.29, 0.717) is 12.2 Å². The van der Waals surface area contributed by atoms with Gasteiger partial charge in [0.15, 0.2) is 0 Å². The molecule has 1 fully saturated rings. The van der Waals surface area contributed by atoms with Crippen molar-refractivity contribution in [3.8, 4) is 0 Å². The number of nitrogens with one attached hydrogen (secondary N) is 2. The van der Waals surface area contributed by atoms with Gasteiger partial charge in [0.1, 0.15) is 0 Å². The van der Waals surface area contributed by atoms with Gasteiger partial charge in [0.2, 0.25) is 0 Å². The van der Waals surface area contributed by atoms with Gasteiger partial charge in [0.25, 0.3) is 0 Å². The molecule has 1 saturated heterocycles. The maximum absolute atomic E-state index is 3.72. The van der Waals surface area contributed by atoms with Crippen LogP contribution in [0.1, 0.15) is 24.0 Å². The van der Waals surface area contributed by atoms with Crippen molar-refractivity contribution in [1.29, 1.82) is 0 Å². The Morgan fingerprint density at radius 1 is 0.762 bits per heavy atom. The summed E-state index contributed by atoms with van der Waals surface area (Å²) in [6.07, 6.45) is 5.12. The summed E-state index contributed by atoms with van der Waals surface area (Å²) in [6, 6.07) is 22.1. The molecule has 0 spiro atoms. The zero-order chi connectivity index (χ0) is 14.3. The van der Waals surface area contributed by atoms with Crippen LogP contribution in [-0.4, -0.2) is 18.8 Å². The van der Waals surface area contributed by atoms with Gasteiger partial charge in [-0.25, -0.2) is 0 Å². The Kier molecular flexibility index (Phi) is 5.03. The van der Waals surface area contributed by atoms with E-state index in [9.17, 15) is 0 Å². The third-order valence-electron chi connectivity index (χ3n) is 4.24. The molecule has 0 radical (unpaired) electrons. The van der Waals surface area contributed by atoms with E-state index in [2.05, 4.69) is 71.3 Å². The fourth-order valence-electron chi connectivity index (χ4n) is 3.00. The molecule has 2 N–H and O–H groups in total. The Hall–Kier alpha value is -1.64. The van der Waals surface area contributed by atoms with Crippen LogP contribution in [0.5, 0.6) is 0 Å². The van der Waals surface area contributed by atoms with E-state index < -0.39 is 0 Å². The Morgan fingerprint density at radius 3 is 1.95 bits per heavy atom. The summed E-state index contributed by atoms with van der Waals surface area (Å²) < 4.78 is 0. The highest BCUT2D eigenvalue weighted by molar-refractivity contribution is 5.16. The lowest BCUT2D eigenvalue weighted by Gasteiger charge is -2.13. The predicted molar refractivity (Wildman–Crippen MR) is 88.2 cm³/mol. The largest absolute Gasteiger partial charge is 0.300 e. The third-order valence-corrected chi connectivity index (χ3v) is 4.24. The molecule has 3 rings (SSSR count). The van der Waals surface area contributed by atoms with Gasteiger partial charge in [-0.15, -0.1) is 0 Å². The molecule has 2 aromatic rings. The van der Waals surface area contributed by atoms with Gasteiger partial charge in [0, 0.05) is 12.6 Å². The number of hydrogen-bond acceptors (Lipinski definition) is 2. The van der Waals surface area contributed by atoms with Gasteiger partial charge in [-0.05, 0) is 36.8 Å². The van der Waals surface area contributed by atoms with Crippen molar-refractivity contribution in [2.45, 2.75) is 37.9 Å². The number of rotatable bonds is 6. The van der Waals surface area contributed by atoms with E-state index in [1.807, 2.05) is 0 Å². The summed E-state index contributed by atoms with van der Waals surface area (Å²) in [5.74, 6) is 0. The lowest BCUT2D eigenvalue weighted by molar-refractivity contribution is 0.477. The van der Waals surface area contributed by atoms with Crippen molar-refractivity contribution < 1.29 is 0 Å².